The summed E-state index contributed by atoms with van der Waals surface area (Å²) >= 11 is 2.34. The Morgan fingerprint density at radius 2 is 2.25 bits per heavy atom. The molecule has 2 atom stereocenters. The van der Waals surface area contributed by atoms with Crippen molar-refractivity contribution in [3.63, 3.8) is 0 Å². The molecule has 4 heteroatoms. The maximum absolute atomic E-state index is 10.2. The van der Waals surface area contributed by atoms with E-state index in [4.69, 9.17) is 5.11 Å². The van der Waals surface area contributed by atoms with E-state index in [0.29, 0.717) is 16.4 Å². The van der Waals surface area contributed by atoms with Gasteiger partial charge in [0.15, 0.2) is 0 Å². The molecule has 0 rings (SSSR count). The van der Waals surface area contributed by atoms with Crippen LogP contribution in [0.4, 0.5) is 4.79 Å². The number of amides is 1. The van der Waals surface area contributed by atoms with E-state index in [0.717, 1.165) is 12.8 Å². The summed E-state index contributed by atoms with van der Waals surface area (Å²) in [5.74, 6) is 0.465. The van der Waals surface area contributed by atoms with E-state index in [2.05, 4.69) is 41.8 Å². The van der Waals surface area contributed by atoms with E-state index in [1.54, 1.807) is 0 Å². The highest BCUT2D eigenvalue weighted by Gasteiger charge is 2.13. The van der Waals surface area contributed by atoms with Gasteiger partial charge in [-0.3, -0.25) is 0 Å². The van der Waals surface area contributed by atoms with Gasteiger partial charge in [-0.25, -0.2) is 4.79 Å². The molecule has 0 spiro atoms. The second-order valence-electron chi connectivity index (χ2n) is 2.91. The lowest BCUT2D eigenvalue weighted by molar-refractivity contribution is 0.192. The van der Waals surface area contributed by atoms with Crippen molar-refractivity contribution in [3.8, 4) is 0 Å². The number of carboxylic acid groups (broad SMARTS) is 1. The topological polar surface area (TPSA) is 49.3 Å². The number of halogens is 1. The fraction of sp³-hybridized carbons (Fsp3) is 0.875. The Morgan fingerprint density at radius 3 is 2.58 bits per heavy atom. The molecule has 0 fully saturated rings. The number of hydrogen-bond acceptors (Lipinski definition) is 1. The Bertz CT molecular complexity index is 139. The first-order valence-electron chi connectivity index (χ1n) is 4.18. The first-order valence-corrected chi connectivity index (χ1v) is 5.43. The van der Waals surface area contributed by atoms with E-state index in [-0.39, 0.29) is 0 Å². The molecule has 3 nitrogen and oxygen atoms in total. The molecule has 0 aliphatic rings. The number of alkyl halides is 1. The Kier molecular flexibility index (Phi) is 6.51. The molecule has 0 aliphatic heterocycles. The molecule has 0 saturated carbocycles. The predicted octanol–water partition coefficient (Wildman–Crippen LogP) is 2.49. The molecule has 0 aliphatic carbocycles. The third kappa shape index (κ3) is 5.62. The van der Waals surface area contributed by atoms with Crippen molar-refractivity contribution in [2.24, 2.45) is 5.92 Å². The van der Waals surface area contributed by atoms with E-state index >= 15 is 0 Å². The molecule has 0 aromatic rings. The summed E-state index contributed by atoms with van der Waals surface area (Å²) in [6, 6.07) is 0. The van der Waals surface area contributed by atoms with E-state index in [1.165, 1.54) is 0 Å². The molecular formula is C8H16INO2. The van der Waals surface area contributed by atoms with Gasteiger partial charge >= 0.3 is 6.09 Å². The molecule has 0 heterocycles. The summed E-state index contributed by atoms with van der Waals surface area (Å²) in [5, 5.41) is 10.8. The minimum absolute atomic E-state index is 0.465. The van der Waals surface area contributed by atoms with Gasteiger partial charge in [0, 0.05) is 10.5 Å². The highest BCUT2D eigenvalue weighted by molar-refractivity contribution is 14.1. The average Bonchev–Trinajstić information content (AvgIpc) is 1.96. The first-order chi connectivity index (χ1) is 5.57. The number of hydrogen-bond donors (Lipinski definition) is 2. The molecule has 0 saturated heterocycles. The maximum Gasteiger partial charge on any atom is 0.404 e. The molecular weight excluding hydrogens is 269 g/mol. The van der Waals surface area contributed by atoms with Crippen molar-refractivity contribution in [1.29, 1.82) is 0 Å². The summed E-state index contributed by atoms with van der Waals surface area (Å²) in [6.07, 6.45) is 1.28. The van der Waals surface area contributed by atoms with Crippen LogP contribution in [0.5, 0.6) is 0 Å². The zero-order valence-electron chi connectivity index (χ0n) is 7.51. The number of nitrogens with one attached hydrogen (secondary N) is 1. The lowest BCUT2D eigenvalue weighted by atomic mass is 10.0. The van der Waals surface area contributed by atoms with Crippen LogP contribution in [0.3, 0.4) is 0 Å². The van der Waals surface area contributed by atoms with Crippen LogP contribution < -0.4 is 5.32 Å². The van der Waals surface area contributed by atoms with Crippen LogP contribution in [-0.4, -0.2) is 21.7 Å². The molecule has 72 valence electrons. The minimum atomic E-state index is -0.923. The van der Waals surface area contributed by atoms with E-state index in [1.807, 2.05) is 0 Å². The zero-order chi connectivity index (χ0) is 9.56. The first kappa shape index (κ1) is 12.0. The van der Waals surface area contributed by atoms with E-state index in [9.17, 15) is 4.79 Å². The lowest BCUT2D eigenvalue weighted by Crippen LogP contribution is -2.30. The van der Waals surface area contributed by atoms with Crippen molar-refractivity contribution in [2.45, 2.75) is 30.6 Å². The highest BCUT2D eigenvalue weighted by atomic mass is 127. The van der Waals surface area contributed by atoms with Gasteiger partial charge < -0.3 is 10.4 Å². The second-order valence-corrected chi connectivity index (χ2v) is 4.88. The standard InChI is InChI=1S/C8H16INO2/c1-3-4-7(6(2)9)5-10-8(11)12/h6-7,10H,3-5H2,1-2H3,(H,11,12). The largest absolute Gasteiger partial charge is 0.465 e. The van der Waals surface area contributed by atoms with Gasteiger partial charge in [-0.1, -0.05) is 42.9 Å². The SMILES string of the molecule is CCCC(CNC(=O)O)C(C)I. The van der Waals surface area contributed by atoms with Crippen LogP contribution in [0.25, 0.3) is 0 Å². The molecule has 2 unspecified atom stereocenters. The van der Waals surface area contributed by atoms with Crippen molar-refractivity contribution < 1.29 is 9.90 Å². The van der Waals surface area contributed by atoms with Crippen LogP contribution in [0.2, 0.25) is 0 Å². The third-order valence-corrected chi connectivity index (χ3v) is 2.84. The second kappa shape index (κ2) is 6.51. The Morgan fingerprint density at radius 1 is 1.67 bits per heavy atom. The van der Waals surface area contributed by atoms with Gasteiger partial charge in [-0.05, 0) is 12.3 Å². The van der Waals surface area contributed by atoms with Crippen LogP contribution in [0, 0.1) is 5.92 Å². The average molecular weight is 285 g/mol. The summed E-state index contributed by atoms with van der Waals surface area (Å²) in [4.78, 5) is 10.2. The Labute approximate surface area is 87.1 Å². The van der Waals surface area contributed by atoms with Gasteiger partial charge in [-0.2, -0.15) is 0 Å². The van der Waals surface area contributed by atoms with Crippen LogP contribution >= 0.6 is 22.6 Å². The van der Waals surface area contributed by atoms with Gasteiger partial charge in [-0.15, -0.1) is 0 Å². The Balaban J connectivity index is 3.70. The normalized spacial score (nSPS) is 15.2. The molecule has 0 aromatic carbocycles. The molecule has 0 aromatic heterocycles. The molecule has 0 bridgehead atoms. The quantitative estimate of drug-likeness (QED) is 0.602. The highest BCUT2D eigenvalue weighted by Crippen LogP contribution is 2.17. The third-order valence-electron chi connectivity index (χ3n) is 1.82. The van der Waals surface area contributed by atoms with Gasteiger partial charge in [0.25, 0.3) is 0 Å². The Hall–Kier alpha value is 0. The number of rotatable bonds is 5. The minimum Gasteiger partial charge on any atom is -0.465 e. The van der Waals surface area contributed by atoms with Crippen molar-refractivity contribution in [2.75, 3.05) is 6.54 Å². The molecule has 0 radical (unpaired) electrons. The van der Waals surface area contributed by atoms with Gasteiger partial charge in [0.2, 0.25) is 0 Å². The summed E-state index contributed by atoms with van der Waals surface area (Å²) in [6.45, 7) is 4.81. The fourth-order valence-electron chi connectivity index (χ4n) is 1.08. The monoisotopic (exact) mass is 285 g/mol. The van der Waals surface area contributed by atoms with Crippen LogP contribution in [-0.2, 0) is 0 Å². The van der Waals surface area contributed by atoms with Crippen LogP contribution in [0.15, 0.2) is 0 Å². The fourth-order valence-corrected chi connectivity index (χ4v) is 1.70. The molecule has 12 heavy (non-hydrogen) atoms. The summed E-state index contributed by atoms with van der Waals surface area (Å²) < 4.78 is 0.523. The van der Waals surface area contributed by atoms with Crippen molar-refractivity contribution >= 4 is 28.7 Å². The van der Waals surface area contributed by atoms with Crippen LogP contribution in [0.1, 0.15) is 26.7 Å². The zero-order valence-corrected chi connectivity index (χ0v) is 9.67. The molecule has 1 amide bonds. The lowest BCUT2D eigenvalue weighted by Gasteiger charge is -2.18. The number of carbonyl (C=O) groups is 1. The summed E-state index contributed by atoms with van der Waals surface area (Å²) in [5.41, 5.74) is 0. The smallest absolute Gasteiger partial charge is 0.404 e. The summed E-state index contributed by atoms with van der Waals surface area (Å²) in [7, 11) is 0. The predicted molar refractivity (Wildman–Crippen MR) is 57.9 cm³/mol. The van der Waals surface area contributed by atoms with Gasteiger partial charge in [0.1, 0.15) is 0 Å². The van der Waals surface area contributed by atoms with Gasteiger partial charge in [0.05, 0.1) is 0 Å². The van der Waals surface area contributed by atoms with Crippen molar-refractivity contribution in [1.82, 2.24) is 5.32 Å². The van der Waals surface area contributed by atoms with E-state index < -0.39 is 6.09 Å². The van der Waals surface area contributed by atoms with Crippen molar-refractivity contribution in [3.05, 3.63) is 0 Å². The maximum atomic E-state index is 10.2. The molecule has 2 N–H and O–H groups in total.